The summed E-state index contributed by atoms with van der Waals surface area (Å²) in [4.78, 5) is 14.9. The first-order valence-electron chi connectivity index (χ1n) is 4.28. The van der Waals surface area contributed by atoms with E-state index in [9.17, 15) is 4.79 Å². The van der Waals surface area contributed by atoms with Crippen LogP contribution in [0.25, 0.3) is 0 Å². The van der Waals surface area contributed by atoms with E-state index in [1.54, 1.807) is 13.8 Å². The Labute approximate surface area is 78.6 Å². The Bertz CT molecular complexity index is 210. The molecule has 0 aliphatic rings. The maximum Gasteiger partial charge on any atom is 0.242 e. The second kappa shape index (κ2) is 4.69. The van der Waals surface area contributed by atoms with Gasteiger partial charge in [-0.2, -0.15) is 0 Å². The smallest absolute Gasteiger partial charge is 0.242 e. The van der Waals surface area contributed by atoms with Gasteiger partial charge in [-0.05, 0) is 20.3 Å². The van der Waals surface area contributed by atoms with E-state index in [0.717, 1.165) is 6.42 Å². The summed E-state index contributed by atoms with van der Waals surface area (Å²) in [7, 11) is 0. The number of carbonyl (C=O) groups excluding carboxylic acids is 1. The molecule has 0 spiro atoms. The normalized spacial score (nSPS) is 12.7. The molecule has 0 aliphatic carbocycles. The summed E-state index contributed by atoms with van der Waals surface area (Å²) in [6, 6.07) is 0. The van der Waals surface area contributed by atoms with Crippen LogP contribution >= 0.6 is 0 Å². The molecule has 0 aromatic carbocycles. The molecule has 0 rings (SSSR count). The van der Waals surface area contributed by atoms with E-state index in [-0.39, 0.29) is 5.96 Å². The average molecular weight is 186 g/mol. The van der Waals surface area contributed by atoms with Crippen molar-refractivity contribution >= 4 is 11.9 Å². The minimum atomic E-state index is -0.846. The van der Waals surface area contributed by atoms with Gasteiger partial charge < -0.3 is 16.8 Å². The largest absolute Gasteiger partial charge is 0.370 e. The number of amides is 1. The Morgan fingerprint density at radius 2 is 2.00 bits per heavy atom. The highest BCUT2D eigenvalue weighted by molar-refractivity contribution is 5.90. The molecule has 0 heterocycles. The Morgan fingerprint density at radius 3 is 2.38 bits per heavy atom. The Kier molecular flexibility index (Phi) is 4.23. The van der Waals surface area contributed by atoms with Gasteiger partial charge in [-0.15, -0.1) is 0 Å². The Morgan fingerprint density at radius 1 is 1.46 bits per heavy atom. The molecule has 76 valence electrons. The van der Waals surface area contributed by atoms with Crippen molar-refractivity contribution in [2.24, 2.45) is 16.5 Å². The van der Waals surface area contributed by atoms with Crippen LogP contribution in [0.15, 0.2) is 4.99 Å². The van der Waals surface area contributed by atoms with Crippen LogP contribution in [0.5, 0.6) is 0 Å². The SMILES string of the molecule is CCCN=C(N)NC(C)(C)C(N)=O. The standard InChI is InChI=1S/C8H18N4O/c1-4-5-11-7(10)12-8(2,3)6(9)13/h4-5H2,1-3H3,(H2,9,13)(H3,10,11,12). The van der Waals surface area contributed by atoms with E-state index >= 15 is 0 Å². The fourth-order valence-electron chi connectivity index (χ4n) is 0.654. The van der Waals surface area contributed by atoms with Crippen molar-refractivity contribution in [3.63, 3.8) is 0 Å². The van der Waals surface area contributed by atoms with E-state index in [1.165, 1.54) is 0 Å². The zero-order valence-corrected chi connectivity index (χ0v) is 8.42. The number of nitrogens with one attached hydrogen (secondary N) is 1. The maximum atomic E-state index is 10.9. The van der Waals surface area contributed by atoms with Crippen LogP contribution < -0.4 is 16.8 Å². The molecule has 0 atom stereocenters. The van der Waals surface area contributed by atoms with Crippen molar-refractivity contribution in [2.45, 2.75) is 32.7 Å². The fraction of sp³-hybridized carbons (Fsp3) is 0.750. The summed E-state index contributed by atoms with van der Waals surface area (Å²) in [5.41, 5.74) is 9.80. The van der Waals surface area contributed by atoms with Crippen molar-refractivity contribution in [3.8, 4) is 0 Å². The third-order valence-corrected chi connectivity index (χ3v) is 1.56. The third kappa shape index (κ3) is 4.35. The predicted molar refractivity (Wildman–Crippen MR) is 53.2 cm³/mol. The van der Waals surface area contributed by atoms with Crippen molar-refractivity contribution in [3.05, 3.63) is 0 Å². The highest BCUT2D eigenvalue weighted by Crippen LogP contribution is 1.98. The molecule has 5 N–H and O–H groups in total. The number of nitrogens with zero attached hydrogens (tertiary/aromatic N) is 1. The quantitative estimate of drug-likeness (QED) is 0.410. The van der Waals surface area contributed by atoms with Crippen LogP contribution in [0.3, 0.4) is 0 Å². The van der Waals surface area contributed by atoms with Gasteiger partial charge in [0.25, 0.3) is 0 Å². The second-order valence-corrected chi connectivity index (χ2v) is 3.38. The average Bonchev–Trinajstić information content (AvgIpc) is 1.99. The molecule has 0 bridgehead atoms. The fourth-order valence-corrected chi connectivity index (χ4v) is 0.654. The molecule has 0 unspecified atom stereocenters. The van der Waals surface area contributed by atoms with Crippen molar-refractivity contribution in [1.29, 1.82) is 0 Å². The van der Waals surface area contributed by atoms with Crippen LogP contribution in [0, 0.1) is 0 Å². The van der Waals surface area contributed by atoms with Gasteiger partial charge in [0.15, 0.2) is 5.96 Å². The van der Waals surface area contributed by atoms with E-state index in [2.05, 4.69) is 10.3 Å². The molecule has 1 amide bonds. The van der Waals surface area contributed by atoms with Crippen LogP contribution in [-0.4, -0.2) is 24.0 Å². The van der Waals surface area contributed by atoms with Crippen LogP contribution in [0.2, 0.25) is 0 Å². The maximum absolute atomic E-state index is 10.9. The lowest BCUT2D eigenvalue weighted by Crippen LogP contribution is -2.55. The molecule has 0 radical (unpaired) electrons. The minimum Gasteiger partial charge on any atom is -0.370 e. The molecule has 0 aromatic rings. The predicted octanol–water partition coefficient (Wildman–Crippen LogP) is -0.435. The number of rotatable bonds is 4. The lowest BCUT2D eigenvalue weighted by molar-refractivity contribution is -0.122. The summed E-state index contributed by atoms with van der Waals surface area (Å²) < 4.78 is 0. The number of carbonyl (C=O) groups is 1. The third-order valence-electron chi connectivity index (χ3n) is 1.56. The second-order valence-electron chi connectivity index (χ2n) is 3.38. The summed E-state index contributed by atoms with van der Waals surface area (Å²) in [6.07, 6.45) is 0.916. The van der Waals surface area contributed by atoms with Gasteiger partial charge in [0.05, 0.1) is 0 Å². The molecule has 5 heteroatoms. The first kappa shape index (κ1) is 11.7. The molecular weight excluding hydrogens is 168 g/mol. The summed E-state index contributed by atoms with van der Waals surface area (Å²) in [5.74, 6) is -0.201. The van der Waals surface area contributed by atoms with Gasteiger partial charge in [-0.1, -0.05) is 6.92 Å². The topological polar surface area (TPSA) is 93.5 Å². The van der Waals surface area contributed by atoms with Crippen LogP contribution in [0.4, 0.5) is 0 Å². The molecule has 0 aliphatic heterocycles. The molecular formula is C8H18N4O. The van der Waals surface area contributed by atoms with Gasteiger partial charge in [-0.25, -0.2) is 0 Å². The summed E-state index contributed by atoms with van der Waals surface area (Å²) in [6.45, 7) is 5.96. The lowest BCUT2D eigenvalue weighted by Gasteiger charge is -2.22. The van der Waals surface area contributed by atoms with Crippen molar-refractivity contribution < 1.29 is 4.79 Å². The van der Waals surface area contributed by atoms with E-state index in [1.807, 2.05) is 6.92 Å². The molecule has 0 saturated heterocycles. The van der Waals surface area contributed by atoms with Crippen molar-refractivity contribution in [2.75, 3.05) is 6.54 Å². The van der Waals surface area contributed by atoms with Gasteiger partial charge in [0.2, 0.25) is 5.91 Å². The molecule has 0 fully saturated rings. The Hall–Kier alpha value is -1.26. The molecule has 0 aromatic heterocycles. The minimum absolute atomic E-state index is 0.255. The van der Waals surface area contributed by atoms with E-state index < -0.39 is 11.4 Å². The number of hydrogen-bond acceptors (Lipinski definition) is 2. The number of hydrogen-bond donors (Lipinski definition) is 3. The number of nitrogens with two attached hydrogens (primary N) is 2. The highest BCUT2D eigenvalue weighted by atomic mass is 16.1. The number of guanidine groups is 1. The highest BCUT2D eigenvalue weighted by Gasteiger charge is 2.24. The monoisotopic (exact) mass is 186 g/mol. The van der Waals surface area contributed by atoms with Crippen LogP contribution in [0.1, 0.15) is 27.2 Å². The molecule has 0 saturated carbocycles. The summed E-state index contributed by atoms with van der Waals surface area (Å²) >= 11 is 0. The zero-order valence-electron chi connectivity index (χ0n) is 8.42. The number of primary amides is 1. The van der Waals surface area contributed by atoms with Gasteiger partial charge in [0, 0.05) is 6.54 Å². The van der Waals surface area contributed by atoms with Crippen LogP contribution in [-0.2, 0) is 4.79 Å². The van der Waals surface area contributed by atoms with Gasteiger partial charge in [-0.3, -0.25) is 9.79 Å². The Balaban J connectivity index is 4.18. The first-order chi connectivity index (χ1) is 5.90. The van der Waals surface area contributed by atoms with E-state index in [4.69, 9.17) is 11.5 Å². The molecule has 13 heavy (non-hydrogen) atoms. The van der Waals surface area contributed by atoms with Gasteiger partial charge >= 0.3 is 0 Å². The number of aliphatic imine (C=N–C) groups is 1. The first-order valence-corrected chi connectivity index (χ1v) is 4.28. The van der Waals surface area contributed by atoms with Gasteiger partial charge in [0.1, 0.15) is 5.54 Å². The lowest BCUT2D eigenvalue weighted by atomic mass is 10.1. The molecule has 5 nitrogen and oxygen atoms in total. The van der Waals surface area contributed by atoms with E-state index in [0.29, 0.717) is 6.54 Å². The zero-order chi connectivity index (χ0) is 10.5. The van der Waals surface area contributed by atoms with Crippen molar-refractivity contribution in [1.82, 2.24) is 5.32 Å². The summed E-state index contributed by atoms with van der Waals surface area (Å²) in [5, 5.41) is 2.74.